The molecule has 1 saturated heterocycles. The van der Waals surface area contributed by atoms with E-state index >= 15 is 0 Å². The summed E-state index contributed by atoms with van der Waals surface area (Å²) in [5.41, 5.74) is 5.19. The summed E-state index contributed by atoms with van der Waals surface area (Å²) in [4.78, 5) is 29.3. The number of aliphatic hydroxyl groups is 1. The lowest BCUT2D eigenvalue weighted by atomic mass is 9.72. The van der Waals surface area contributed by atoms with Crippen LogP contribution in [0.25, 0.3) is 0 Å². The molecule has 3 atom stereocenters. The van der Waals surface area contributed by atoms with Crippen molar-refractivity contribution < 1.29 is 14.6 Å². The number of amides is 1. The summed E-state index contributed by atoms with van der Waals surface area (Å²) in [6.45, 7) is 12.0. The zero-order valence-electron chi connectivity index (χ0n) is 28.3. The van der Waals surface area contributed by atoms with Gasteiger partial charge in [-0.2, -0.15) is 0 Å². The maximum Gasteiger partial charge on any atom is 0.274 e. The molecule has 1 saturated carbocycles. The highest BCUT2D eigenvalue weighted by molar-refractivity contribution is 5.95. The number of benzene rings is 2. The molecule has 3 aromatic rings. The first-order chi connectivity index (χ1) is 23.3. The highest BCUT2D eigenvalue weighted by Crippen LogP contribution is 2.49. The second-order valence-electron chi connectivity index (χ2n) is 13.7. The van der Waals surface area contributed by atoms with Crippen LogP contribution >= 0.6 is 0 Å². The van der Waals surface area contributed by atoms with Gasteiger partial charge in [0.2, 0.25) is 0 Å². The molecule has 1 aromatic heterocycles. The van der Waals surface area contributed by atoms with Crippen LogP contribution in [0, 0.1) is 0 Å². The monoisotopic (exact) mass is 650 g/mol. The molecule has 1 spiro atoms. The second kappa shape index (κ2) is 15.0. The molecule has 0 radical (unpaired) electrons. The second-order valence-corrected chi connectivity index (χ2v) is 13.7. The molecule has 0 bridgehead atoms. The Balaban J connectivity index is 1.26. The minimum Gasteiger partial charge on any atom is -0.487 e. The lowest BCUT2D eigenvalue weighted by molar-refractivity contribution is -0.0382. The molecule has 8 nitrogen and oxygen atoms in total. The molecule has 1 amide bonds. The zero-order valence-corrected chi connectivity index (χ0v) is 28.3. The average Bonchev–Trinajstić information content (AvgIpc) is 3.62. The summed E-state index contributed by atoms with van der Waals surface area (Å²) in [5, 5.41) is 18.7. The van der Waals surface area contributed by atoms with Gasteiger partial charge in [-0.25, -0.2) is 0 Å². The van der Waals surface area contributed by atoms with Crippen LogP contribution in [-0.4, -0.2) is 53.0 Å². The molecular formula is C40H50N4O4. The van der Waals surface area contributed by atoms with E-state index in [2.05, 4.69) is 65.9 Å². The van der Waals surface area contributed by atoms with Gasteiger partial charge in [0.1, 0.15) is 17.0 Å². The number of pyridine rings is 1. The normalized spacial score (nSPS) is 19.1. The van der Waals surface area contributed by atoms with Crippen LogP contribution in [0.1, 0.15) is 84.1 Å². The molecule has 2 aromatic carbocycles. The maximum absolute atomic E-state index is 14.0. The summed E-state index contributed by atoms with van der Waals surface area (Å²) >= 11 is 0. The molecule has 0 unspecified atom stereocenters. The number of allylic oxidation sites excluding steroid dienone is 2. The van der Waals surface area contributed by atoms with E-state index in [-0.39, 0.29) is 23.1 Å². The number of carbonyl (C=O) groups is 1. The Morgan fingerprint density at radius 1 is 1.06 bits per heavy atom. The van der Waals surface area contributed by atoms with E-state index in [0.717, 1.165) is 86.9 Å². The van der Waals surface area contributed by atoms with Gasteiger partial charge in [-0.05, 0) is 80.2 Å². The first-order valence-corrected chi connectivity index (χ1v) is 17.6. The Bertz CT molecular complexity index is 1690. The maximum atomic E-state index is 14.0. The molecule has 48 heavy (non-hydrogen) atoms. The molecular weight excluding hydrogens is 600 g/mol. The Morgan fingerprint density at radius 3 is 2.56 bits per heavy atom. The number of aryl methyl sites for hydroxylation is 1. The van der Waals surface area contributed by atoms with Crippen LogP contribution in [-0.2, 0) is 25.8 Å². The van der Waals surface area contributed by atoms with E-state index in [1.54, 1.807) is 22.9 Å². The van der Waals surface area contributed by atoms with Crippen molar-refractivity contribution in [2.24, 2.45) is 0 Å². The highest BCUT2D eigenvalue weighted by Gasteiger charge is 2.45. The third-order valence-electron chi connectivity index (χ3n) is 10.3. The number of fused-ring (bicyclic) bond motifs is 1. The molecule has 254 valence electrons. The predicted octanol–water partition coefficient (Wildman–Crippen LogP) is 5.66. The molecule has 3 heterocycles. The minimum atomic E-state index is -0.882. The molecule has 6 rings (SSSR count). The minimum absolute atomic E-state index is 0.0351. The van der Waals surface area contributed by atoms with Crippen molar-refractivity contribution in [2.45, 2.75) is 95.0 Å². The summed E-state index contributed by atoms with van der Waals surface area (Å²) < 4.78 is 8.08. The van der Waals surface area contributed by atoms with Gasteiger partial charge in [-0.3, -0.25) is 9.59 Å². The van der Waals surface area contributed by atoms with Crippen molar-refractivity contribution >= 4 is 11.6 Å². The van der Waals surface area contributed by atoms with Gasteiger partial charge in [-0.1, -0.05) is 55.5 Å². The van der Waals surface area contributed by atoms with Crippen LogP contribution in [0.3, 0.4) is 0 Å². The first kappa shape index (κ1) is 33.7. The standard InChI is InChI=1S/C40H50N4O4/c1-4-11-29-12-9-13-30(21-29)23-33(42-38(46)31-24-35(43-19-7-8-20-43)39(47)44(27-31)18-5-2)36(45)26-41-34-25-40(16-10-17-40)48-37-15-14-28(6-3)22-32(34)37/h4-5,9,12-15,21-22,24,27,33-34,36,41,45H,1-2,6-8,10-11,16-20,23,25-26H2,3H3,(H,42,46)/t33-,34-,36+/m0/s1. The van der Waals surface area contributed by atoms with E-state index < -0.39 is 12.1 Å². The number of carbonyl (C=O) groups excluding carboxylic acids is 1. The number of aliphatic hydroxyl groups excluding tert-OH is 1. The number of nitrogens with zero attached hydrogens (tertiary/aromatic N) is 2. The fraction of sp³-hybridized carbons (Fsp3) is 0.450. The topological polar surface area (TPSA) is 95.8 Å². The van der Waals surface area contributed by atoms with Crippen molar-refractivity contribution in [2.75, 3.05) is 24.5 Å². The first-order valence-electron chi connectivity index (χ1n) is 17.6. The Morgan fingerprint density at radius 2 is 1.85 bits per heavy atom. The summed E-state index contributed by atoms with van der Waals surface area (Å²) in [6.07, 6.45) is 12.5. The number of ether oxygens (including phenoxy) is 1. The van der Waals surface area contributed by atoms with Gasteiger partial charge in [0.25, 0.3) is 11.5 Å². The molecule has 3 aliphatic rings. The van der Waals surface area contributed by atoms with E-state index in [0.29, 0.717) is 30.8 Å². The zero-order chi connectivity index (χ0) is 33.7. The molecule has 8 heteroatoms. The fourth-order valence-corrected chi connectivity index (χ4v) is 7.45. The van der Waals surface area contributed by atoms with Crippen molar-refractivity contribution in [1.82, 2.24) is 15.2 Å². The Kier molecular flexibility index (Phi) is 10.5. The van der Waals surface area contributed by atoms with E-state index in [1.165, 1.54) is 5.56 Å². The van der Waals surface area contributed by atoms with Gasteiger partial charge in [0.05, 0.1) is 17.7 Å². The van der Waals surface area contributed by atoms with E-state index in [4.69, 9.17) is 4.74 Å². The number of rotatable bonds is 14. The van der Waals surface area contributed by atoms with Gasteiger partial charge < -0.3 is 29.9 Å². The Labute approximate surface area is 284 Å². The summed E-state index contributed by atoms with van der Waals surface area (Å²) in [5.74, 6) is 0.606. The van der Waals surface area contributed by atoms with Crippen molar-refractivity contribution in [3.05, 3.63) is 118 Å². The van der Waals surface area contributed by atoms with Gasteiger partial charge in [0, 0.05) is 50.4 Å². The molecule has 3 N–H and O–H groups in total. The number of hydrogen-bond acceptors (Lipinski definition) is 6. The highest BCUT2D eigenvalue weighted by atomic mass is 16.5. The predicted molar refractivity (Wildman–Crippen MR) is 192 cm³/mol. The number of anilines is 1. The van der Waals surface area contributed by atoms with Crippen molar-refractivity contribution in [1.29, 1.82) is 0 Å². The number of hydrogen-bond donors (Lipinski definition) is 3. The third kappa shape index (κ3) is 7.45. The fourth-order valence-electron chi connectivity index (χ4n) is 7.45. The quantitative estimate of drug-likeness (QED) is 0.195. The SMILES string of the molecule is C=CCc1cccc(C[C@H](NC(=O)c2cc(N3CCCC3)c(=O)n(CC=C)c2)[C@H](O)CN[C@H]2CC3(CCC3)Oc3ccc(CC)cc32)c1. The van der Waals surface area contributed by atoms with Gasteiger partial charge in [0.15, 0.2) is 0 Å². The van der Waals surface area contributed by atoms with Crippen molar-refractivity contribution in [3.8, 4) is 5.75 Å². The third-order valence-corrected chi connectivity index (χ3v) is 10.3. The van der Waals surface area contributed by atoms with E-state index in [9.17, 15) is 14.7 Å². The van der Waals surface area contributed by atoms with Crippen LogP contribution in [0.2, 0.25) is 0 Å². The number of nitrogens with one attached hydrogen (secondary N) is 2. The van der Waals surface area contributed by atoms with Crippen LogP contribution in [0.15, 0.2) is 84.8 Å². The largest absolute Gasteiger partial charge is 0.487 e. The van der Waals surface area contributed by atoms with Gasteiger partial charge >= 0.3 is 0 Å². The number of aromatic nitrogens is 1. The van der Waals surface area contributed by atoms with Crippen LogP contribution < -0.4 is 25.8 Å². The molecule has 2 aliphatic heterocycles. The van der Waals surface area contributed by atoms with Crippen LogP contribution in [0.5, 0.6) is 5.75 Å². The lowest BCUT2D eigenvalue weighted by Gasteiger charge is -2.48. The lowest BCUT2D eigenvalue weighted by Crippen LogP contribution is -2.52. The smallest absolute Gasteiger partial charge is 0.274 e. The Hall–Kier alpha value is -4.14. The molecule has 1 aliphatic carbocycles. The average molecular weight is 651 g/mol. The van der Waals surface area contributed by atoms with Crippen LogP contribution in [0.4, 0.5) is 5.69 Å². The summed E-state index contributed by atoms with van der Waals surface area (Å²) in [7, 11) is 0. The van der Waals surface area contributed by atoms with Crippen molar-refractivity contribution in [3.63, 3.8) is 0 Å². The molecule has 2 fully saturated rings. The van der Waals surface area contributed by atoms with E-state index in [1.807, 2.05) is 18.2 Å². The summed E-state index contributed by atoms with van der Waals surface area (Å²) in [6, 6.07) is 15.8. The van der Waals surface area contributed by atoms with Gasteiger partial charge in [-0.15, -0.1) is 13.2 Å².